The molecule has 2 aromatic rings. The van der Waals surface area contributed by atoms with Crippen LogP contribution in [0, 0.1) is 5.82 Å². The fraction of sp³-hybridized carbons (Fsp3) is 0.267. The summed E-state index contributed by atoms with van der Waals surface area (Å²) in [6.45, 7) is 3.10. The highest BCUT2D eigenvalue weighted by molar-refractivity contribution is 7.14. The van der Waals surface area contributed by atoms with Gasteiger partial charge in [-0.3, -0.25) is 9.59 Å². The molecule has 8 heteroatoms. The van der Waals surface area contributed by atoms with E-state index in [9.17, 15) is 14.0 Å². The van der Waals surface area contributed by atoms with E-state index in [2.05, 4.69) is 15.6 Å². The summed E-state index contributed by atoms with van der Waals surface area (Å²) < 4.78 is 18.6. The molecule has 6 nitrogen and oxygen atoms in total. The molecule has 1 atom stereocenters. The SMILES string of the molecule is COc1ccc(C(C)NC(=O)c2csc(NC(C)=O)n2)cc1F. The van der Waals surface area contributed by atoms with E-state index in [1.165, 1.54) is 26.2 Å². The Hall–Kier alpha value is -2.48. The highest BCUT2D eigenvalue weighted by atomic mass is 32.1. The smallest absolute Gasteiger partial charge is 0.271 e. The van der Waals surface area contributed by atoms with Crippen molar-refractivity contribution >= 4 is 28.3 Å². The second-order valence-corrected chi connectivity index (χ2v) is 5.67. The molecule has 0 aliphatic carbocycles. The zero-order chi connectivity index (χ0) is 17.0. The summed E-state index contributed by atoms with van der Waals surface area (Å²) in [4.78, 5) is 27.1. The topological polar surface area (TPSA) is 80.3 Å². The number of aromatic nitrogens is 1. The Kier molecular flexibility index (Phi) is 5.28. The van der Waals surface area contributed by atoms with Gasteiger partial charge in [0.1, 0.15) is 5.69 Å². The highest BCUT2D eigenvalue weighted by Gasteiger charge is 2.16. The third kappa shape index (κ3) is 4.26. The van der Waals surface area contributed by atoms with Crippen molar-refractivity contribution < 1.29 is 18.7 Å². The van der Waals surface area contributed by atoms with Gasteiger partial charge >= 0.3 is 0 Å². The molecule has 1 aromatic carbocycles. The number of benzene rings is 1. The molecule has 0 fully saturated rings. The molecule has 0 spiro atoms. The van der Waals surface area contributed by atoms with Crippen LogP contribution >= 0.6 is 11.3 Å². The van der Waals surface area contributed by atoms with Gasteiger partial charge in [-0.25, -0.2) is 9.37 Å². The first kappa shape index (κ1) is 16.9. The lowest BCUT2D eigenvalue weighted by atomic mass is 10.1. The molecule has 1 aromatic heterocycles. The molecular formula is C15H16FN3O3S. The van der Waals surface area contributed by atoms with E-state index in [0.717, 1.165) is 11.3 Å². The second-order valence-electron chi connectivity index (χ2n) is 4.81. The number of hydrogen-bond acceptors (Lipinski definition) is 5. The first-order valence-corrected chi connectivity index (χ1v) is 7.66. The Morgan fingerprint density at radius 3 is 2.74 bits per heavy atom. The monoisotopic (exact) mass is 337 g/mol. The van der Waals surface area contributed by atoms with Gasteiger partial charge in [0.15, 0.2) is 16.7 Å². The number of methoxy groups -OCH3 is 1. The van der Waals surface area contributed by atoms with Gasteiger partial charge < -0.3 is 15.4 Å². The van der Waals surface area contributed by atoms with E-state index < -0.39 is 17.8 Å². The Bertz CT molecular complexity index is 733. The first-order chi connectivity index (χ1) is 10.9. The van der Waals surface area contributed by atoms with E-state index in [1.54, 1.807) is 18.4 Å². The van der Waals surface area contributed by atoms with Crippen molar-refractivity contribution in [2.45, 2.75) is 19.9 Å². The summed E-state index contributed by atoms with van der Waals surface area (Å²) in [5, 5.41) is 7.14. The molecule has 0 aliphatic rings. The van der Waals surface area contributed by atoms with E-state index in [1.807, 2.05) is 0 Å². The lowest BCUT2D eigenvalue weighted by molar-refractivity contribution is -0.114. The van der Waals surface area contributed by atoms with E-state index in [-0.39, 0.29) is 17.4 Å². The average Bonchev–Trinajstić information content (AvgIpc) is 2.94. The van der Waals surface area contributed by atoms with Gasteiger partial charge in [0.05, 0.1) is 13.2 Å². The maximum atomic E-state index is 13.7. The summed E-state index contributed by atoms with van der Waals surface area (Å²) in [6, 6.07) is 4.09. The Labute approximate surface area is 136 Å². The second kappa shape index (κ2) is 7.19. The zero-order valence-corrected chi connectivity index (χ0v) is 13.7. The van der Waals surface area contributed by atoms with Crippen molar-refractivity contribution in [2.24, 2.45) is 0 Å². The van der Waals surface area contributed by atoms with Gasteiger partial charge in [-0.15, -0.1) is 11.3 Å². The van der Waals surface area contributed by atoms with Crippen LogP contribution < -0.4 is 15.4 Å². The number of hydrogen-bond donors (Lipinski definition) is 2. The number of nitrogens with one attached hydrogen (secondary N) is 2. The van der Waals surface area contributed by atoms with Crippen LogP contribution in [-0.2, 0) is 4.79 Å². The predicted molar refractivity (Wildman–Crippen MR) is 85.3 cm³/mol. The minimum atomic E-state index is -0.493. The van der Waals surface area contributed by atoms with Crippen molar-refractivity contribution in [1.82, 2.24) is 10.3 Å². The van der Waals surface area contributed by atoms with Crippen LogP contribution in [0.3, 0.4) is 0 Å². The Morgan fingerprint density at radius 2 is 2.13 bits per heavy atom. The molecule has 2 N–H and O–H groups in total. The van der Waals surface area contributed by atoms with Crippen LogP contribution in [0.5, 0.6) is 5.75 Å². The van der Waals surface area contributed by atoms with Crippen LogP contribution in [0.25, 0.3) is 0 Å². The van der Waals surface area contributed by atoms with Crippen LogP contribution in [0.15, 0.2) is 23.6 Å². The zero-order valence-electron chi connectivity index (χ0n) is 12.8. The first-order valence-electron chi connectivity index (χ1n) is 6.78. The highest BCUT2D eigenvalue weighted by Crippen LogP contribution is 2.22. The van der Waals surface area contributed by atoms with Gasteiger partial charge in [-0.2, -0.15) is 0 Å². The minimum absolute atomic E-state index is 0.145. The van der Waals surface area contributed by atoms with Gasteiger partial charge in [0.2, 0.25) is 5.91 Å². The maximum absolute atomic E-state index is 13.7. The normalized spacial score (nSPS) is 11.7. The third-order valence-corrected chi connectivity index (χ3v) is 3.80. The number of carbonyl (C=O) groups excluding carboxylic acids is 2. The van der Waals surface area contributed by atoms with Crippen LogP contribution in [0.1, 0.15) is 35.9 Å². The van der Waals surface area contributed by atoms with Crippen molar-refractivity contribution in [2.75, 3.05) is 12.4 Å². The molecule has 2 amide bonds. The van der Waals surface area contributed by atoms with Gasteiger partial charge in [0.25, 0.3) is 5.91 Å². The fourth-order valence-electron chi connectivity index (χ4n) is 1.89. The van der Waals surface area contributed by atoms with Crippen molar-refractivity contribution in [3.8, 4) is 5.75 Å². The van der Waals surface area contributed by atoms with Crippen LogP contribution in [-0.4, -0.2) is 23.9 Å². The Balaban J connectivity index is 2.05. The van der Waals surface area contributed by atoms with Gasteiger partial charge in [-0.1, -0.05) is 6.07 Å². The molecule has 2 rings (SSSR count). The summed E-state index contributed by atoms with van der Waals surface area (Å²) in [5.74, 6) is -1.01. The van der Waals surface area contributed by atoms with E-state index >= 15 is 0 Å². The molecule has 23 heavy (non-hydrogen) atoms. The van der Waals surface area contributed by atoms with Gasteiger partial charge in [0, 0.05) is 12.3 Å². The van der Waals surface area contributed by atoms with Crippen LogP contribution in [0.4, 0.5) is 9.52 Å². The molecule has 1 unspecified atom stereocenters. The number of halogens is 1. The number of rotatable bonds is 5. The number of nitrogens with zero attached hydrogens (tertiary/aromatic N) is 1. The largest absolute Gasteiger partial charge is 0.494 e. The summed E-state index contributed by atoms with van der Waals surface area (Å²) in [5.41, 5.74) is 0.800. The van der Waals surface area contributed by atoms with E-state index in [4.69, 9.17) is 4.74 Å². The summed E-state index contributed by atoms with van der Waals surface area (Å²) >= 11 is 1.16. The number of ether oxygens (including phenoxy) is 1. The van der Waals surface area contributed by atoms with Gasteiger partial charge in [-0.05, 0) is 24.6 Å². The Morgan fingerprint density at radius 1 is 1.39 bits per heavy atom. The number of anilines is 1. The maximum Gasteiger partial charge on any atom is 0.271 e. The molecule has 0 saturated heterocycles. The van der Waals surface area contributed by atoms with Crippen molar-refractivity contribution in [1.29, 1.82) is 0 Å². The van der Waals surface area contributed by atoms with E-state index in [0.29, 0.717) is 10.7 Å². The molecule has 122 valence electrons. The number of thiazole rings is 1. The fourth-order valence-corrected chi connectivity index (χ4v) is 2.63. The van der Waals surface area contributed by atoms with Crippen molar-refractivity contribution in [3.05, 3.63) is 40.7 Å². The third-order valence-electron chi connectivity index (χ3n) is 3.04. The molecule has 0 aliphatic heterocycles. The molecular weight excluding hydrogens is 321 g/mol. The lowest BCUT2D eigenvalue weighted by Gasteiger charge is -2.14. The lowest BCUT2D eigenvalue weighted by Crippen LogP contribution is -2.27. The van der Waals surface area contributed by atoms with Crippen molar-refractivity contribution in [3.63, 3.8) is 0 Å². The average molecular weight is 337 g/mol. The van der Waals surface area contributed by atoms with Crippen LogP contribution in [0.2, 0.25) is 0 Å². The molecule has 0 bridgehead atoms. The molecule has 1 heterocycles. The number of carbonyl (C=O) groups is 2. The predicted octanol–water partition coefficient (Wildman–Crippen LogP) is 2.74. The minimum Gasteiger partial charge on any atom is -0.494 e. The quantitative estimate of drug-likeness (QED) is 0.879. The molecule has 0 saturated carbocycles. The number of amides is 2. The standard InChI is InChI=1S/C15H16FN3O3S/c1-8(10-4-5-13(22-3)11(16)6-10)17-14(21)12-7-23-15(19-12)18-9(2)20/h4-8H,1-3H3,(H,17,21)(H,18,19,20). The summed E-state index contributed by atoms with van der Waals surface area (Å²) in [6.07, 6.45) is 0. The molecule has 0 radical (unpaired) electrons. The summed E-state index contributed by atoms with van der Waals surface area (Å²) in [7, 11) is 1.39.